The molecule has 1 saturated carbocycles. The molecule has 16 heavy (non-hydrogen) atoms. The van der Waals surface area contributed by atoms with Crippen LogP contribution in [0.4, 0.5) is 0 Å². The van der Waals surface area contributed by atoms with E-state index in [1.165, 1.54) is 0 Å². The number of hydrogen-bond donors (Lipinski definition) is 3. The predicted molar refractivity (Wildman–Crippen MR) is 62.1 cm³/mol. The summed E-state index contributed by atoms with van der Waals surface area (Å²) in [5.74, 6) is 0.0765. The van der Waals surface area contributed by atoms with E-state index in [4.69, 9.17) is 10.9 Å². The highest BCUT2D eigenvalue weighted by atomic mass is 16.4. The van der Waals surface area contributed by atoms with Gasteiger partial charge in [-0.2, -0.15) is 0 Å². The molecule has 5 nitrogen and oxygen atoms in total. The number of carbonyl (C=O) groups excluding carboxylic acids is 1. The molecule has 1 fully saturated rings. The van der Waals surface area contributed by atoms with Crippen LogP contribution >= 0.6 is 0 Å². The number of oxime groups is 1. The van der Waals surface area contributed by atoms with Crippen molar-refractivity contribution in [2.45, 2.75) is 46.1 Å². The first-order valence-corrected chi connectivity index (χ1v) is 5.57. The van der Waals surface area contributed by atoms with Gasteiger partial charge in [0.1, 0.15) is 0 Å². The first-order chi connectivity index (χ1) is 7.27. The Hall–Kier alpha value is -1.26. The Labute approximate surface area is 96.1 Å². The van der Waals surface area contributed by atoms with E-state index in [1.807, 2.05) is 6.92 Å². The van der Waals surface area contributed by atoms with Crippen LogP contribution in [0.5, 0.6) is 0 Å². The molecule has 1 aliphatic rings. The van der Waals surface area contributed by atoms with Gasteiger partial charge >= 0.3 is 0 Å². The number of amidine groups is 1. The Morgan fingerprint density at radius 2 is 2.19 bits per heavy atom. The van der Waals surface area contributed by atoms with Gasteiger partial charge in [0.15, 0.2) is 5.84 Å². The molecule has 0 aromatic carbocycles. The van der Waals surface area contributed by atoms with Crippen LogP contribution in [0.2, 0.25) is 0 Å². The van der Waals surface area contributed by atoms with Crippen molar-refractivity contribution in [3.05, 3.63) is 0 Å². The maximum atomic E-state index is 11.9. The molecule has 0 saturated heterocycles. The second-order valence-corrected chi connectivity index (χ2v) is 5.41. The number of nitrogens with two attached hydrogens (primary N) is 1. The molecule has 0 aromatic heterocycles. The second kappa shape index (κ2) is 3.96. The highest BCUT2D eigenvalue weighted by molar-refractivity contribution is 5.94. The molecule has 0 radical (unpaired) electrons. The smallest absolute Gasteiger partial charge is 0.224 e. The van der Waals surface area contributed by atoms with Gasteiger partial charge in [-0.25, -0.2) is 0 Å². The number of nitrogens with zero attached hydrogens (tertiary/aromatic N) is 1. The summed E-state index contributed by atoms with van der Waals surface area (Å²) in [5.41, 5.74) is 4.91. The predicted octanol–water partition coefficient (Wildman–Crippen LogP) is 1.06. The maximum absolute atomic E-state index is 11.9. The van der Waals surface area contributed by atoms with Crippen molar-refractivity contribution < 1.29 is 10.0 Å². The van der Waals surface area contributed by atoms with Gasteiger partial charge in [-0.15, -0.1) is 0 Å². The van der Waals surface area contributed by atoms with Crippen molar-refractivity contribution >= 4 is 11.7 Å². The highest BCUT2D eigenvalue weighted by Crippen LogP contribution is 2.51. The fourth-order valence-corrected chi connectivity index (χ4v) is 1.72. The summed E-state index contributed by atoms with van der Waals surface area (Å²) in [4.78, 5) is 11.9. The third kappa shape index (κ3) is 2.28. The van der Waals surface area contributed by atoms with Gasteiger partial charge in [-0.1, -0.05) is 25.9 Å². The largest absolute Gasteiger partial charge is 0.409 e. The van der Waals surface area contributed by atoms with E-state index in [2.05, 4.69) is 24.3 Å². The first kappa shape index (κ1) is 12.8. The van der Waals surface area contributed by atoms with Crippen LogP contribution in [0, 0.1) is 11.3 Å². The van der Waals surface area contributed by atoms with Crippen LogP contribution in [0.3, 0.4) is 0 Å². The van der Waals surface area contributed by atoms with E-state index >= 15 is 0 Å². The Bertz CT molecular complexity index is 325. The third-order valence-electron chi connectivity index (χ3n) is 3.61. The Balaban J connectivity index is 2.68. The van der Waals surface area contributed by atoms with Gasteiger partial charge in [0.2, 0.25) is 5.91 Å². The quantitative estimate of drug-likeness (QED) is 0.290. The lowest BCUT2D eigenvalue weighted by Gasteiger charge is -2.28. The molecule has 1 amide bonds. The van der Waals surface area contributed by atoms with Crippen molar-refractivity contribution in [3.63, 3.8) is 0 Å². The molecule has 0 bridgehead atoms. The molecular weight excluding hydrogens is 206 g/mol. The molecule has 4 N–H and O–H groups in total. The lowest BCUT2D eigenvalue weighted by molar-refractivity contribution is -0.124. The average Bonchev–Trinajstić information content (AvgIpc) is 2.86. The topological polar surface area (TPSA) is 87.7 Å². The summed E-state index contributed by atoms with van der Waals surface area (Å²) < 4.78 is 0. The van der Waals surface area contributed by atoms with Crippen molar-refractivity contribution in [1.82, 2.24) is 5.32 Å². The molecule has 2 atom stereocenters. The fourth-order valence-electron chi connectivity index (χ4n) is 1.72. The van der Waals surface area contributed by atoms with E-state index in [1.54, 1.807) is 6.92 Å². The first-order valence-electron chi connectivity index (χ1n) is 5.57. The van der Waals surface area contributed by atoms with E-state index in [9.17, 15) is 4.79 Å². The van der Waals surface area contributed by atoms with E-state index in [0.29, 0.717) is 6.42 Å². The molecule has 1 aliphatic carbocycles. The van der Waals surface area contributed by atoms with Crippen LogP contribution in [0.1, 0.15) is 40.5 Å². The minimum absolute atomic E-state index is 0.0130. The average molecular weight is 227 g/mol. The number of nitrogens with one attached hydrogen (secondary N) is 1. The number of hydrogen-bond acceptors (Lipinski definition) is 3. The van der Waals surface area contributed by atoms with Gasteiger partial charge < -0.3 is 16.3 Å². The highest BCUT2D eigenvalue weighted by Gasteiger charge is 2.51. The molecule has 1 rings (SSSR count). The van der Waals surface area contributed by atoms with Crippen molar-refractivity contribution in [1.29, 1.82) is 0 Å². The third-order valence-corrected chi connectivity index (χ3v) is 3.61. The number of amides is 1. The van der Waals surface area contributed by atoms with Gasteiger partial charge in [-0.3, -0.25) is 4.79 Å². The summed E-state index contributed by atoms with van der Waals surface area (Å²) in [5, 5.41) is 14.5. The van der Waals surface area contributed by atoms with Crippen LogP contribution < -0.4 is 11.1 Å². The van der Waals surface area contributed by atoms with Crippen LogP contribution in [-0.4, -0.2) is 22.5 Å². The van der Waals surface area contributed by atoms with Crippen molar-refractivity contribution in [2.24, 2.45) is 22.2 Å². The Morgan fingerprint density at radius 1 is 1.69 bits per heavy atom. The van der Waals surface area contributed by atoms with Crippen LogP contribution in [0.15, 0.2) is 5.16 Å². The monoisotopic (exact) mass is 227 g/mol. The fraction of sp³-hybridized carbons (Fsp3) is 0.818. The van der Waals surface area contributed by atoms with Gasteiger partial charge in [0.25, 0.3) is 0 Å². The minimum atomic E-state index is -0.759. The minimum Gasteiger partial charge on any atom is -0.409 e. The van der Waals surface area contributed by atoms with Crippen molar-refractivity contribution in [3.8, 4) is 0 Å². The van der Waals surface area contributed by atoms with E-state index in [-0.39, 0.29) is 23.1 Å². The van der Waals surface area contributed by atoms with Crippen molar-refractivity contribution in [2.75, 3.05) is 0 Å². The summed E-state index contributed by atoms with van der Waals surface area (Å²) in [7, 11) is 0. The Morgan fingerprint density at radius 3 is 2.50 bits per heavy atom. The summed E-state index contributed by atoms with van der Waals surface area (Å²) in [6, 6.07) is 0. The second-order valence-electron chi connectivity index (χ2n) is 5.41. The number of carbonyl (C=O) groups is 1. The molecule has 0 spiro atoms. The molecule has 0 aliphatic heterocycles. The standard InChI is InChI=1S/C11H21N3O2/c1-5-11(4,9(12)14-16)13-8(15)7-6-10(7,2)3/h7,16H,5-6H2,1-4H3,(H2,12,14)(H,13,15). The molecule has 92 valence electrons. The molecule has 2 unspecified atom stereocenters. The summed E-state index contributed by atoms with van der Waals surface area (Å²) in [6.45, 7) is 7.76. The van der Waals surface area contributed by atoms with Crippen LogP contribution in [-0.2, 0) is 4.79 Å². The zero-order valence-electron chi connectivity index (χ0n) is 10.4. The van der Waals surface area contributed by atoms with E-state index < -0.39 is 5.54 Å². The summed E-state index contributed by atoms with van der Waals surface area (Å²) in [6.07, 6.45) is 1.48. The lowest BCUT2D eigenvalue weighted by atomic mass is 9.96. The zero-order valence-corrected chi connectivity index (χ0v) is 10.4. The molecular formula is C11H21N3O2. The number of rotatable bonds is 4. The molecule has 5 heteroatoms. The SMILES string of the molecule is CCC(C)(NC(=O)C1CC1(C)C)C(N)=NO. The van der Waals surface area contributed by atoms with Crippen LogP contribution in [0.25, 0.3) is 0 Å². The maximum Gasteiger partial charge on any atom is 0.224 e. The zero-order chi connectivity index (χ0) is 12.6. The van der Waals surface area contributed by atoms with Gasteiger partial charge in [0.05, 0.1) is 5.54 Å². The normalized spacial score (nSPS) is 27.0. The molecule has 0 aromatic rings. The van der Waals surface area contributed by atoms with E-state index in [0.717, 1.165) is 6.42 Å². The Kier molecular flexibility index (Phi) is 3.17. The van der Waals surface area contributed by atoms with Gasteiger partial charge in [-0.05, 0) is 25.2 Å². The summed E-state index contributed by atoms with van der Waals surface area (Å²) >= 11 is 0. The lowest BCUT2D eigenvalue weighted by Crippen LogP contribution is -2.55. The van der Waals surface area contributed by atoms with Gasteiger partial charge in [0, 0.05) is 5.92 Å². The molecule has 0 heterocycles.